The minimum atomic E-state index is 0.0737. The van der Waals surface area contributed by atoms with Gasteiger partial charge in [0, 0.05) is 29.9 Å². The molecule has 21 heavy (non-hydrogen) atoms. The van der Waals surface area contributed by atoms with Crippen molar-refractivity contribution in [3.63, 3.8) is 0 Å². The zero-order valence-electron chi connectivity index (χ0n) is 12.5. The standard InChI is InChI=1S/C15H19N5O/c1-15(2,3)18-7-11-8-20(9-13-17-10-21-19-13)14-12(11)5-4-6-16-14/h4-6,8,10,18H,7,9H2,1-3H3. The van der Waals surface area contributed by atoms with Gasteiger partial charge >= 0.3 is 0 Å². The summed E-state index contributed by atoms with van der Waals surface area (Å²) in [6.45, 7) is 7.82. The maximum atomic E-state index is 4.79. The van der Waals surface area contributed by atoms with Crippen molar-refractivity contribution in [2.45, 2.75) is 39.4 Å². The normalized spacial score (nSPS) is 12.1. The highest BCUT2D eigenvalue weighted by atomic mass is 16.5. The van der Waals surface area contributed by atoms with Gasteiger partial charge in [0.25, 0.3) is 0 Å². The molecule has 0 aromatic carbocycles. The molecule has 0 bridgehead atoms. The summed E-state index contributed by atoms with van der Waals surface area (Å²) in [5.74, 6) is 0.646. The molecule has 3 heterocycles. The van der Waals surface area contributed by atoms with Gasteiger partial charge in [-0.15, -0.1) is 0 Å². The lowest BCUT2D eigenvalue weighted by molar-refractivity contribution is 0.408. The fraction of sp³-hybridized carbons (Fsp3) is 0.400. The number of nitrogens with one attached hydrogen (secondary N) is 1. The molecule has 0 fully saturated rings. The highest BCUT2D eigenvalue weighted by Gasteiger charge is 2.14. The fourth-order valence-electron chi connectivity index (χ4n) is 2.23. The molecular weight excluding hydrogens is 266 g/mol. The molecule has 3 aromatic heterocycles. The van der Waals surface area contributed by atoms with E-state index in [1.165, 1.54) is 12.0 Å². The highest BCUT2D eigenvalue weighted by molar-refractivity contribution is 5.80. The fourth-order valence-corrected chi connectivity index (χ4v) is 2.23. The Bertz CT molecular complexity index is 724. The van der Waals surface area contributed by atoms with E-state index >= 15 is 0 Å². The highest BCUT2D eigenvalue weighted by Crippen LogP contribution is 2.20. The molecule has 0 radical (unpaired) electrons. The summed E-state index contributed by atoms with van der Waals surface area (Å²) < 4.78 is 6.85. The summed E-state index contributed by atoms with van der Waals surface area (Å²) in [5.41, 5.74) is 2.23. The average molecular weight is 285 g/mol. The van der Waals surface area contributed by atoms with Crippen LogP contribution in [-0.2, 0) is 13.1 Å². The molecule has 0 amide bonds. The molecule has 6 nitrogen and oxygen atoms in total. The second-order valence-corrected chi connectivity index (χ2v) is 6.11. The van der Waals surface area contributed by atoms with Crippen LogP contribution in [-0.4, -0.2) is 25.2 Å². The van der Waals surface area contributed by atoms with Crippen molar-refractivity contribution in [2.24, 2.45) is 0 Å². The van der Waals surface area contributed by atoms with Gasteiger partial charge in [-0.1, -0.05) is 5.16 Å². The summed E-state index contributed by atoms with van der Waals surface area (Å²) in [7, 11) is 0. The third-order valence-corrected chi connectivity index (χ3v) is 3.24. The van der Waals surface area contributed by atoms with Crippen molar-refractivity contribution >= 4 is 11.0 Å². The van der Waals surface area contributed by atoms with E-state index in [9.17, 15) is 0 Å². The number of pyridine rings is 1. The average Bonchev–Trinajstić information content (AvgIpc) is 3.05. The van der Waals surface area contributed by atoms with Crippen LogP contribution in [0.4, 0.5) is 0 Å². The monoisotopic (exact) mass is 285 g/mol. The molecule has 1 N–H and O–H groups in total. The van der Waals surface area contributed by atoms with Crippen molar-refractivity contribution in [1.29, 1.82) is 0 Å². The molecule has 0 saturated heterocycles. The summed E-state index contributed by atoms with van der Waals surface area (Å²) in [5, 5.41) is 8.52. The molecule has 0 saturated carbocycles. The van der Waals surface area contributed by atoms with Gasteiger partial charge in [-0.05, 0) is 38.5 Å². The van der Waals surface area contributed by atoms with Crippen LogP contribution >= 0.6 is 0 Å². The second kappa shape index (κ2) is 5.29. The van der Waals surface area contributed by atoms with E-state index in [1.807, 2.05) is 6.07 Å². The zero-order valence-corrected chi connectivity index (χ0v) is 12.5. The molecule has 0 spiro atoms. The van der Waals surface area contributed by atoms with E-state index in [0.29, 0.717) is 12.4 Å². The zero-order chi connectivity index (χ0) is 14.9. The molecule has 0 aliphatic carbocycles. The van der Waals surface area contributed by atoms with E-state index in [2.05, 4.69) is 58.0 Å². The summed E-state index contributed by atoms with van der Waals surface area (Å²) in [4.78, 5) is 8.55. The number of rotatable bonds is 4. The van der Waals surface area contributed by atoms with Gasteiger partial charge in [0.1, 0.15) is 5.65 Å². The Hall–Kier alpha value is -2.21. The third-order valence-electron chi connectivity index (χ3n) is 3.24. The molecule has 3 rings (SSSR count). The molecule has 6 heteroatoms. The molecule has 0 aliphatic heterocycles. The summed E-state index contributed by atoms with van der Waals surface area (Å²) in [6.07, 6.45) is 5.25. The van der Waals surface area contributed by atoms with Crippen molar-refractivity contribution in [3.8, 4) is 0 Å². The largest absolute Gasteiger partial charge is 0.343 e. The first-order chi connectivity index (χ1) is 10.0. The molecule has 0 aliphatic rings. The van der Waals surface area contributed by atoms with Crippen LogP contribution in [0.15, 0.2) is 35.4 Å². The topological polar surface area (TPSA) is 68.8 Å². The van der Waals surface area contributed by atoms with Crippen LogP contribution in [0.3, 0.4) is 0 Å². The second-order valence-electron chi connectivity index (χ2n) is 6.11. The number of aromatic nitrogens is 4. The van der Waals surface area contributed by atoms with Gasteiger partial charge < -0.3 is 14.4 Å². The first-order valence-corrected chi connectivity index (χ1v) is 6.96. The van der Waals surface area contributed by atoms with Crippen molar-refractivity contribution in [3.05, 3.63) is 42.3 Å². The number of nitrogens with zero attached hydrogens (tertiary/aromatic N) is 4. The van der Waals surface area contributed by atoms with Gasteiger partial charge in [-0.25, -0.2) is 4.98 Å². The van der Waals surface area contributed by atoms with Crippen molar-refractivity contribution in [2.75, 3.05) is 0 Å². The van der Waals surface area contributed by atoms with Gasteiger partial charge in [0.05, 0.1) is 6.54 Å². The lowest BCUT2D eigenvalue weighted by atomic mass is 10.1. The van der Waals surface area contributed by atoms with Crippen LogP contribution in [0, 0.1) is 0 Å². The first kappa shape index (κ1) is 13.8. The summed E-state index contributed by atoms with van der Waals surface area (Å²) in [6, 6.07) is 4.05. The quantitative estimate of drug-likeness (QED) is 0.797. The predicted octanol–water partition coefficient (Wildman–Crippen LogP) is 2.36. The van der Waals surface area contributed by atoms with Gasteiger partial charge in [-0.2, -0.15) is 4.98 Å². The Morgan fingerprint density at radius 1 is 1.29 bits per heavy atom. The van der Waals surface area contributed by atoms with Crippen molar-refractivity contribution < 1.29 is 4.52 Å². The number of hydrogen-bond donors (Lipinski definition) is 1. The number of fused-ring (bicyclic) bond motifs is 1. The van der Waals surface area contributed by atoms with E-state index in [-0.39, 0.29) is 5.54 Å². The smallest absolute Gasteiger partial charge is 0.213 e. The SMILES string of the molecule is CC(C)(C)NCc1cn(Cc2ncon2)c2ncccc12. The minimum Gasteiger partial charge on any atom is -0.343 e. The first-order valence-electron chi connectivity index (χ1n) is 6.96. The van der Waals surface area contributed by atoms with Crippen LogP contribution < -0.4 is 5.32 Å². The minimum absolute atomic E-state index is 0.0737. The lowest BCUT2D eigenvalue weighted by Crippen LogP contribution is -2.34. The Morgan fingerprint density at radius 3 is 2.86 bits per heavy atom. The molecule has 0 atom stereocenters. The Morgan fingerprint density at radius 2 is 2.14 bits per heavy atom. The van der Waals surface area contributed by atoms with Gasteiger partial charge in [-0.3, -0.25) is 0 Å². The van der Waals surface area contributed by atoms with E-state index in [0.717, 1.165) is 17.6 Å². The van der Waals surface area contributed by atoms with Crippen LogP contribution in [0.25, 0.3) is 11.0 Å². The third kappa shape index (κ3) is 3.11. The van der Waals surface area contributed by atoms with Crippen LogP contribution in [0.1, 0.15) is 32.2 Å². The molecule has 110 valence electrons. The predicted molar refractivity (Wildman–Crippen MR) is 79.7 cm³/mol. The van der Waals surface area contributed by atoms with E-state index in [1.54, 1.807) is 6.20 Å². The number of hydrogen-bond acceptors (Lipinski definition) is 5. The maximum absolute atomic E-state index is 4.79. The Balaban J connectivity index is 1.94. The maximum Gasteiger partial charge on any atom is 0.213 e. The van der Waals surface area contributed by atoms with E-state index < -0.39 is 0 Å². The van der Waals surface area contributed by atoms with E-state index in [4.69, 9.17) is 4.52 Å². The van der Waals surface area contributed by atoms with Crippen LogP contribution in [0.2, 0.25) is 0 Å². The Labute approximate surface area is 123 Å². The van der Waals surface area contributed by atoms with Crippen molar-refractivity contribution in [1.82, 2.24) is 25.0 Å². The molecule has 3 aromatic rings. The lowest BCUT2D eigenvalue weighted by Gasteiger charge is -2.20. The Kier molecular flexibility index (Phi) is 3.47. The van der Waals surface area contributed by atoms with Crippen LogP contribution in [0.5, 0.6) is 0 Å². The summed E-state index contributed by atoms with van der Waals surface area (Å²) >= 11 is 0. The van der Waals surface area contributed by atoms with Gasteiger partial charge in [0.2, 0.25) is 6.39 Å². The van der Waals surface area contributed by atoms with Gasteiger partial charge in [0.15, 0.2) is 5.82 Å². The molecule has 0 unspecified atom stereocenters. The molecular formula is C15H19N5O.